The van der Waals surface area contributed by atoms with Crippen LogP contribution in [-0.4, -0.2) is 21.8 Å². The Kier molecular flexibility index (Phi) is 6.59. The van der Waals surface area contributed by atoms with Crippen LogP contribution in [0.4, 0.5) is 20.6 Å². The molecule has 2 heterocycles. The molecule has 0 saturated heterocycles. The fourth-order valence-corrected chi connectivity index (χ4v) is 5.53. The van der Waals surface area contributed by atoms with E-state index < -0.39 is 6.03 Å². The highest BCUT2D eigenvalue weighted by Crippen LogP contribution is 2.34. The summed E-state index contributed by atoms with van der Waals surface area (Å²) in [5, 5.41) is 8.87. The molecule has 1 atom stereocenters. The van der Waals surface area contributed by atoms with Gasteiger partial charge in [0.25, 0.3) is 0 Å². The first-order valence-corrected chi connectivity index (χ1v) is 12.2. The molecule has 10 heteroatoms. The van der Waals surface area contributed by atoms with Crippen molar-refractivity contribution in [3.8, 4) is 0 Å². The smallest absolute Gasteiger partial charge is 0.325 e. The second-order valence-corrected chi connectivity index (χ2v) is 10.0. The number of ketones is 1. The van der Waals surface area contributed by atoms with Gasteiger partial charge in [0, 0.05) is 16.9 Å². The van der Waals surface area contributed by atoms with E-state index in [1.54, 1.807) is 12.3 Å². The lowest BCUT2D eigenvalue weighted by molar-refractivity contribution is 0.0923. The van der Waals surface area contributed by atoms with Crippen LogP contribution in [0.5, 0.6) is 0 Å². The van der Waals surface area contributed by atoms with Crippen molar-refractivity contribution >= 4 is 62.9 Å². The summed E-state index contributed by atoms with van der Waals surface area (Å²) in [4.78, 5) is 34.2. The Morgan fingerprint density at radius 3 is 2.74 bits per heavy atom. The molecule has 162 valence electrons. The third kappa shape index (κ3) is 5.08. The number of carbonyl (C=O) groups excluding carboxylic acids is 2. The van der Waals surface area contributed by atoms with E-state index in [1.165, 1.54) is 22.7 Å². The number of nitrogens with zero attached hydrogens (tertiary/aromatic N) is 2. The summed E-state index contributed by atoms with van der Waals surface area (Å²) >= 11 is 7.22. The van der Waals surface area contributed by atoms with Crippen molar-refractivity contribution in [1.29, 1.82) is 0 Å². The summed E-state index contributed by atoms with van der Waals surface area (Å²) in [5.41, 5.74) is 8.49. The number of benzene rings is 1. The first kappa shape index (κ1) is 21.8. The van der Waals surface area contributed by atoms with Crippen molar-refractivity contribution in [3.63, 3.8) is 0 Å². The molecule has 1 aliphatic rings. The largest absolute Gasteiger partial charge is 0.389 e. The summed E-state index contributed by atoms with van der Waals surface area (Å²) < 4.78 is 0. The van der Waals surface area contributed by atoms with Gasteiger partial charge in [0.05, 0.1) is 22.8 Å². The molecule has 0 spiro atoms. The van der Waals surface area contributed by atoms with Crippen LogP contribution in [-0.2, 0) is 0 Å². The number of urea groups is 1. The van der Waals surface area contributed by atoms with E-state index in [0.29, 0.717) is 27.1 Å². The van der Waals surface area contributed by atoms with E-state index in [0.717, 1.165) is 36.3 Å². The Morgan fingerprint density at radius 2 is 2.03 bits per heavy atom. The van der Waals surface area contributed by atoms with Gasteiger partial charge < -0.3 is 11.1 Å². The molecule has 4 rings (SSSR count). The van der Waals surface area contributed by atoms with Crippen molar-refractivity contribution in [2.45, 2.75) is 37.9 Å². The maximum Gasteiger partial charge on any atom is 0.325 e. The second kappa shape index (κ2) is 9.37. The maximum atomic E-state index is 13.0. The van der Waals surface area contributed by atoms with Crippen LogP contribution in [0.15, 0.2) is 29.8 Å². The molecule has 31 heavy (non-hydrogen) atoms. The number of amides is 2. The van der Waals surface area contributed by atoms with Crippen LogP contribution in [0.1, 0.15) is 57.6 Å². The van der Waals surface area contributed by atoms with Gasteiger partial charge in [-0.25, -0.2) is 14.8 Å². The van der Waals surface area contributed by atoms with Crippen molar-refractivity contribution < 1.29 is 9.59 Å². The van der Waals surface area contributed by atoms with Gasteiger partial charge in [0.15, 0.2) is 10.9 Å². The average Bonchev–Trinajstić information content (AvgIpc) is 3.50. The lowest BCUT2D eigenvalue weighted by Gasteiger charge is -2.14. The number of hydrogen-bond acceptors (Lipinski definition) is 8. The summed E-state index contributed by atoms with van der Waals surface area (Å²) in [6.45, 7) is 1.94. The van der Waals surface area contributed by atoms with Crippen LogP contribution in [0.3, 0.4) is 0 Å². The molecule has 2 amide bonds. The number of carbonyl (C=O) groups is 2. The molecule has 4 N–H and O–H groups in total. The van der Waals surface area contributed by atoms with Gasteiger partial charge in [-0.05, 0) is 31.9 Å². The number of aryl methyl sites for hydroxylation is 1. The topological polar surface area (TPSA) is 110 Å². The molecule has 0 bridgehead atoms. The fraction of sp³-hybridized carbons (Fsp3) is 0.333. The standard InChI is InChI=1S/C21H23N5O2S3/c1-11-6-7-14(13(8-11)17(27)12-4-2-3-5-12)24-20(28)26-21-25-15(10-30-21)18(29)19-23-9-16(22)31-19/h6-10,12,18,29H,2-5,22H2,1H3,(H2,24,25,26,28). The number of thiol groups is 1. The molecule has 0 aliphatic heterocycles. The van der Waals surface area contributed by atoms with E-state index in [2.05, 4.69) is 33.2 Å². The summed E-state index contributed by atoms with van der Waals surface area (Å²) in [7, 11) is 0. The number of aromatic nitrogens is 2. The van der Waals surface area contributed by atoms with Gasteiger partial charge in [-0.2, -0.15) is 12.6 Å². The fourth-order valence-electron chi connectivity index (χ4n) is 3.65. The monoisotopic (exact) mass is 473 g/mol. The Bertz CT molecular complexity index is 1100. The van der Waals surface area contributed by atoms with E-state index >= 15 is 0 Å². The lowest BCUT2D eigenvalue weighted by Crippen LogP contribution is -2.22. The van der Waals surface area contributed by atoms with E-state index in [1.807, 2.05) is 24.4 Å². The van der Waals surface area contributed by atoms with Crippen molar-refractivity contribution in [2.75, 3.05) is 16.4 Å². The average molecular weight is 474 g/mol. The van der Waals surface area contributed by atoms with Gasteiger partial charge in [0.1, 0.15) is 10.0 Å². The minimum atomic E-state index is -0.445. The molecule has 7 nitrogen and oxygen atoms in total. The van der Waals surface area contributed by atoms with Gasteiger partial charge >= 0.3 is 6.03 Å². The number of Topliss-reactive ketones (excluding diaryl/α,β-unsaturated/α-hetero) is 1. The highest BCUT2D eigenvalue weighted by atomic mass is 32.1. The maximum absolute atomic E-state index is 13.0. The highest BCUT2D eigenvalue weighted by Gasteiger charge is 2.26. The number of thiazole rings is 2. The van der Waals surface area contributed by atoms with Gasteiger partial charge in [-0.3, -0.25) is 10.1 Å². The zero-order valence-corrected chi connectivity index (χ0v) is 19.4. The van der Waals surface area contributed by atoms with Crippen LogP contribution >= 0.6 is 35.3 Å². The zero-order valence-electron chi connectivity index (χ0n) is 16.9. The van der Waals surface area contributed by atoms with E-state index in [4.69, 9.17) is 5.73 Å². The molecular weight excluding hydrogens is 450 g/mol. The van der Waals surface area contributed by atoms with Crippen LogP contribution in [0.2, 0.25) is 0 Å². The van der Waals surface area contributed by atoms with Crippen molar-refractivity contribution in [2.24, 2.45) is 5.92 Å². The number of nitrogen functional groups attached to an aromatic ring is 1. The van der Waals surface area contributed by atoms with E-state index in [9.17, 15) is 9.59 Å². The number of anilines is 3. The molecule has 1 unspecified atom stereocenters. The highest BCUT2D eigenvalue weighted by molar-refractivity contribution is 7.81. The predicted octanol–water partition coefficient (Wildman–Crippen LogP) is 5.53. The molecule has 1 fully saturated rings. The van der Waals surface area contributed by atoms with Crippen molar-refractivity contribution in [3.05, 3.63) is 51.6 Å². The summed E-state index contributed by atoms with van der Waals surface area (Å²) in [6.07, 6.45) is 5.58. The molecule has 3 aromatic rings. The van der Waals surface area contributed by atoms with Gasteiger partial charge in [-0.15, -0.1) is 22.7 Å². The minimum absolute atomic E-state index is 0.0409. The predicted molar refractivity (Wildman–Crippen MR) is 130 cm³/mol. The normalized spacial score (nSPS) is 15.0. The van der Waals surface area contributed by atoms with Crippen molar-refractivity contribution in [1.82, 2.24) is 9.97 Å². The van der Waals surface area contributed by atoms with Crippen LogP contribution in [0.25, 0.3) is 0 Å². The molecular formula is C21H23N5O2S3. The Morgan fingerprint density at radius 1 is 1.26 bits per heavy atom. The number of rotatable bonds is 6. The Hall–Kier alpha value is -2.43. The summed E-state index contributed by atoms with van der Waals surface area (Å²) in [5.74, 6) is 0.146. The van der Waals surface area contributed by atoms with Crippen LogP contribution in [0, 0.1) is 12.8 Å². The Balaban J connectivity index is 1.45. The van der Waals surface area contributed by atoms with Crippen LogP contribution < -0.4 is 16.4 Å². The van der Waals surface area contributed by atoms with Gasteiger partial charge in [0.2, 0.25) is 0 Å². The van der Waals surface area contributed by atoms with E-state index in [-0.39, 0.29) is 17.0 Å². The molecule has 0 radical (unpaired) electrons. The first-order valence-electron chi connectivity index (χ1n) is 9.98. The number of nitrogens with two attached hydrogens (primary N) is 1. The molecule has 1 saturated carbocycles. The lowest BCUT2D eigenvalue weighted by atomic mass is 9.94. The number of hydrogen-bond donors (Lipinski definition) is 4. The quantitative estimate of drug-likeness (QED) is 0.278. The third-order valence-electron chi connectivity index (χ3n) is 5.21. The Labute approximate surface area is 193 Å². The zero-order chi connectivity index (χ0) is 22.0. The van der Waals surface area contributed by atoms with Gasteiger partial charge in [-0.1, -0.05) is 24.5 Å². The third-order valence-corrected chi connectivity index (χ3v) is 7.56. The summed E-state index contributed by atoms with van der Waals surface area (Å²) in [6, 6.07) is 5.07. The molecule has 1 aliphatic carbocycles. The SMILES string of the molecule is Cc1ccc(NC(=O)Nc2nc(C(S)c3ncc(N)s3)cs2)c(C(=O)C2CCCC2)c1. The second-order valence-electron chi connectivity index (χ2n) is 7.55. The molecule has 2 aromatic heterocycles. The number of nitrogens with one attached hydrogen (secondary N) is 2. The minimum Gasteiger partial charge on any atom is -0.389 e. The first-order chi connectivity index (χ1) is 14.9. The molecule has 1 aromatic carbocycles.